The van der Waals surface area contributed by atoms with Crippen LogP contribution in [0.5, 0.6) is 5.75 Å². The van der Waals surface area contributed by atoms with E-state index in [0.717, 1.165) is 16.3 Å². The average molecular weight is 474 g/mol. The zero-order valence-corrected chi connectivity index (χ0v) is 19.5. The van der Waals surface area contributed by atoms with Crippen LogP contribution < -0.4 is 4.74 Å². The standard InChI is InChI=1S/C28H21Cl2NO2/c1-33-22-13-11-19(12-14-22)23(24(17-31)28-25(29)7-4-8-26(28)30)16-27(32)21-10-9-18-5-2-3-6-20(18)15-21/h2-15,23-24H,16H2,1H3/t23-,24+/m1/s1. The number of methoxy groups -OCH3 is 1. The maximum Gasteiger partial charge on any atom is 0.163 e. The van der Waals surface area contributed by atoms with E-state index in [9.17, 15) is 10.1 Å². The van der Waals surface area contributed by atoms with E-state index in [-0.39, 0.29) is 12.2 Å². The largest absolute Gasteiger partial charge is 0.497 e. The van der Waals surface area contributed by atoms with Gasteiger partial charge in [-0.25, -0.2) is 0 Å². The van der Waals surface area contributed by atoms with Crippen molar-refractivity contribution in [3.63, 3.8) is 0 Å². The van der Waals surface area contributed by atoms with E-state index in [1.807, 2.05) is 66.7 Å². The van der Waals surface area contributed by atoms with Crippen LogP contribution >= 0.6 is 23.2 Å². The third-order valence-electron chi connectivity index (χ3n) is 5.87. The third kappa shape index (κ3) is 4.88. The third-order valence-corrected chi connectivity index (χ3v) is 6.53. The number of ether oxygens (including phenoxy) is 1. The molecule has 33 heavy (non-hydrogen) atoms. The highest BCUT2D eigenvalue weighted by atomic mass is 35.5. The second-order valence-electron chi connectivity index (χ2n) is 7.81. The minimum Gasteiger partial charge on any atom is -0.497 e. The molecule has 0 N–H and O–H groups in total. The van der Waals surface area contributed by atoms with Gasteiger partial charge in [-0.1, -0.05) is 77.8 Å². The lowest BCUT2D eigenvalue weighted by Crippen LogP contribution is -2.16. The lowest BCUT2D eigenvalue weighted by molar-refractivity contribution is 0.0972. The Kier molecular flexibility index (Phi) is 6.99. The van der Waals surface area contributed by atoms with Gasteiger partial charge < -0.3 is 4.74 Å². The fourth-order valence-electron chi connectivity index (χ4n) is 4.12. The van der Waals surface area contributed by atoms with Crippen LogP contribution in [-0.4, -0.2) is 12.9 Å². The van der Waals surface area contributed by atoms with Gasteiger partial charge in [-0.2, -0.15) is 5.26 Å². The van der Waals surface area contributed by atoms with Gasteiger partial charge in [0.15, 0.2) is 5.78 Å². The number of Topliss-reactive ketones (excluding diaryl/α,β-unsaturated/α-hetero) is 1. The maximum atomic E-state index is 13.4. The number of hydrogen-bond acceptors (Lipinski definition) is 3. The summed E-state index contributed by atoms with van der Waals surface area (Å²) in [6.45, 7) is 0. The van der Waals surface area contributed by atoms with Gasteiger partial charge in [0.2, 0.25) is 0 Å². The number of carbonyl (C=O) groups is 1. The summed E-state index contributed by atoms with van der Waals surface area (Å²) >= 11 is 12.9. The van der Waals surface area contributed by atoms with Gasteiger partial charge in [-0.3, -0.25) is 4.79 Å². The molecule has 4 aromatic carbocycles. The molecule has 0 aliphatic rings. The van der Waals surface area contributed by atoms with Crippen LogP contribution in [0.1, 0.15) is 39.7 Å². The second kappa shape index (κ2) is 10.1. The summed E-state index contributed by atoms with van der Waals surface area (Å²) in [5.74, 6) is -0.506. The number of carbonyl (C=O) groups excluding carboxylic acids is 1. The number of halogens is 2. The van der Waals surface area contributed by atoms with E-state index in [4.69, 9.17) is 27.9 Å². The molecule has 3 nitrogen and oxygen atoms in total. The fraction of sp³-hybridized carbons (Fsp3) is 0.143. The first-order valence-corrected chi connectivity index (χ1v) is 11.3. The number of rotatable bonds is 7. The van der Waals surface area contributed by atoms with Crippen molar-refractivity contribution in [2.75, 3.05) is 7.11 Å². The molecule has 0 aliphatic carbocycles. The molecular weight excluding hydrogens is 453 g/mol. The molecule has 0 heterocycles. The van der Waals surface area contributed by atoms with Gasteiger partial charge >= 0.3 is 0 Å². The molecule has 0 unspecified atom stereocenters. The molecule has 5 heteroatoms. The first-order valence-electron chi connectivity index (χ1n) is 10.5. The summed E-state index contributed by atoms with van der Waals surface area (Å²) < 4.78 is 5.28. The highest BCUT2D eigenvalue weighted by molar-refractivity contribution is 6.36. The summed E-state index contributed by atoms with van der Waals surface area (Å²) in [6, 6.07) is 28.5. The summed E-state index contributed by atoms with van der Waals surface area (Å²) in [5, 5.41) is 13.1. The van der Waals surface area contributed by atoms with E-state index in [1.165, 1.54) is 0 Å². The summed E-state index contributed by atoms with van der Waals surface area (Å²) in [6.07, 6.45) is 0.129. The van der Waals surface area contributed by atoms with Crippen LogP contribution in [0.3, 0.4) is 0 Å². The Labute approximate surface area is 203 Å². The lowest BCUT2D eigenvalue weighted by atomic mass is 9.78. The Balaban J connectivity index is 1.76. The smallest absolute Gasteiger partial charge is 0.163 e. The monoisotopic (exact) mass is 473 g/mol. The number of nitriles is 1. The first kappa shape index (κ1) is 22.9. The Morgan fingerprint density at radius 1 is 0.909 bits per heavy atom. The van der Waals surface area contributed by atoms with Crippen molar-refractivity contribution in [3.8, 4) is 11.8 Å². The van der Waals surface area contributed by atoms with Crippen molar-refractivity contribution in [3.05, 3.63) is 112 Å². The van der Waals surface area contributed by atoms with Crippen molar-refractivity contribution >= 4 is 39.8 Å². The second-order valence-corrected chi connectivity index (χ2v) is 8.63. The number of fused-ring (bicyclic) bond motifs is 1. The van der Waals surface area contributed by atoms with Crippen molar-refractivity contribution in [1.82, 2.24) is 0 Å². The highest BCUT2D eigenvalue weighted by Gasteiger charge is 2.31. The van der Waals surface area contributed by atoms with Crippen molar-refractivity contribution in [1.29, 1.82) is 5.26 Å². The van der Waals surface area contributed by atoms with Gasteiger partial charge in [0.05, 0.1) is 19.1 Å². The van der Waals surface area contributed by atoms with Crippen molar-refractivity contribution in [2.45, 2.75) is 18.3 Å². The van der Waals surface area contributed by atoms with Crippen LogP contribution in [0.4, 0.5) is 0 Å². The minimum absolute atomic E-state index is 0.0509. The molecule has 0 aromatic heterocycles. The molecule has 4 aromatic rings. The van der Waals surface area contributed by atoms with Crippen molar-refractivity contribution < 1.29 is 9.53 Å². The first-order chi connectivity index (χ1) is 16.0. The van der Waals surface area contributed by atoms with Gasteiger partial charge in [0.25, 0.3) is 0 Å². The lowest BCUT2D eigenvalue weighted by Gasteiger charge is -2.24. The molecule has 0 spiro atoms. The number of benzene rings is 4. The predicted molar refractivity (Wildman–Crippen MR) is 133 cm³/mol. The predicted octanol–water partition coefficient (Wildman–Crippen LogP) is 7.82. The highest BCUT2D eigenvalue weighted by Crippen LogP contribution is 2.42. The van der Waals surface area contributed by atoms with E-state index in [0.29, 0.717) is 26.9 Å². The molecule has 0 fully saturated rings. The van der Waals surface area contributed by atoms with E-state index < -0.39 is 11.8 Å². The van der Waals surface area contributed by atoms with E-state index in [2.05, 4.69) is 6.07 Å². The zero-order valence-electron chi connectivity index (χ0n) is 18.0. The molecule has 0 saturated carbocycles. The molecule has 0 saturated heterocycles. The number of ketones is 1. The molecule has 0 radical (unpaired) electrons. The zero-order chi connectivity index (χ0) is 23.4. The van der Waals surface area contributed by atoms with Crippen LogP contribution in [0.25, 0.3) is 10.8 Å². The molecular formula is C28H21Cl2NO2. The van der Waals surface area contributed by atoms with Crippen LogP contribution in [0.15, 0.2) is 84.9 Å². The number of nitrogens with zero attached hydrogens (tertiary/aromatic N) is 1. The van der Waals surface area contributed by atoms with Gasteiger partial charge in [-0.15, -0.1) is 0 Å². The number of hydrogen-bond donors (Lipinski definition) is 0. The van der Waals surface area contributed by atoms with Crippen LogP contribution in [0.2, 0.25) is 10.0 Å². The van der Waals surface area contributed by atoms with Gasteiger partial charge in [0, 0.05) is 33.5 Å². The SMILES string of the molecule is COc1ccc([C@@H](CC(=O)c2ccc3ccccc3c2)[C@H](C#N)c2c(Cl)cccc2Cl)cc1. The average Bonchev–Trinajstić information content (AvgIpc) is 2.85. The summed E-state index contributed by atoms with van der Waals surface area (Å²) in [7, 11) is 1.59. The van der Waals surface area contributed by atoms with Crippen LogP contribution in [-0.2, 0) is 0 Å². The maximum absolute atomic E-state index is 13.4. The molecule has 2 atom stereocenters. The fourth-order valence-corrected chi connectivity index (χ4v) is 4.76. The Hall–Kier alpha value is -3.32. The molecule has 0 amide bonds. The molecule has 0 bridgehead atoms. The topological polar surface area (TPSA) is 50.1 Å². The van der Waals surface area contributed by atoms with Gasteiger partial charge in [-0.05, 0) is 46.7 Å². The normalized spacial score (nSPS) is 12.7. The Bertz CT molecular complexity index is 1320. The molecule has 4 rings (SSSR count). The van der Waals surface area contributed by atoms with Crippen molar-refractivity contribution in [2.24, 2.45) is 0 Å². The van der Waals surface area contributed by atoms with E-state index >= 15 is 0 Å². The van der Waals surface area contributed by atoms with E-state index in [1.54, 1.807) is 25.3 Å². The Morgan fingerprint density at radius 3 is 2.21 bits per heavy atom. The minimum atomic E-state index is -0.705. The quantitative estimate of drug-likeness (QED) is 0.257. The molecule has 0 aliphatic heterocycles. The Morgan fingerprint density at radius 2 is 1.58 bits per heavy atom. The summed E-state index contributed by atoms with van der Waals surface area (Å²) in [5.41, 5.74) is 1.98. The van der Waals surface area contributed by atoms with Gasteiger partial charge in [0.1, 0.15) is 5.75 Å². The van der Waals surface area contributed by atoms with Crippen LogP contribution in [0, 0.1) is 11.3 Å². The summed E-state index contributed by atoms with van der Waals surface area (Å²) in [4.78, 5) is 13.4. The molecule has 164 valence electrons.